The lowest BCUT2D eigenvalue weighted by Crippen LogP contribution is -2.06. The van der Waals surface area contributed by atoms with Crippen molar-refractivity contribution in [3.8, 4) is 11.1 Å². The monoisotopic (exact) mass is 254 g/mol. The minimum Gasteiger partial charge on any atom is -0.311 e. The molecule has 2 rings (SSSR count). The number of anilines is 1. The normalized spacial score (nSPS) is 10.5. The van der Waals surface area contributed by atoms with Gasteiger partial charge >= 0.3 is 0 Å². The molecule has 0 unspecified atom stereocenters. The molecule has 1 amide bonds. The molecule has 0 spiro atoms. The van der Waals surface area contributed by atoms with Gasteiger partial charge in [0.05, 0.1) is 0 Å². The van der Waals surface area contributed by atoms with E-state index in [4.69, 9.17) is 0 Å². The van der Waals surface area contributed by atoms with E-state index in [1.54, 1.807) is 6.20 Å². The van der Waals surface area contributed by atoms with Crippen molar-refractivity contribution in [2.24, 2.45) is 0 Å². The standard InChI is InChI=1S/C16H18N2O/c1-11(2)13-5-4-6-14(9-13)15-7-8-16(17-10-15)18-12(3)19/h4-11H,1-3H3,(H,17,18,19). The van der Waals surface area contributed by atoms with Crippen molar-refractivity contribution in [3.05, 3.63) is 48.2 Å². The van der Waals surface area contributed by atoms with Gasteiger partial charge in [0.1, 0.15) is 5.82 Å². The Morgan fingerprint density at radius 1 is 1.16 bits per heavy atom. The van der Waals surface area contributed by atoms with Gasteiger partial charge in [-0.05, 0) is 29.2 Å². The van der Waals surface area contributed by atoms with Crippen LogP contribution in [0.3, 0.4) is 0 Å². The molecule has 0 aliphatic rings. The van der Waals surface area contributed by atoms with Gasteiger partial charge in [0.15, 0.2) is 0 Å². The number of hydrogen-bond acceptors (Lipinski definition) is 2. The van der Waals surface area contributed by atoms with E-state index in [1.807, 2.05) is 12.1 Å². The van der Waals surface area contributed by atoms with Crippen molar-refractivity contribution in [1.29, 1.82) is 0 Å². The molecule has 1 aromatic carbocycles. The summed E-state index contributed by atoms with van der Waals surface area (Å²) < 4.78 is 0. The van der Waals surface area contributed by atoms with Crippen molar-refractivity contribution >= 4 is 11.7 Å². The molecule has 0 aliphatic carbocycles. The molecule has 1 heterocycles. The van der Waals surface area contributed by atoms with E-state index >= 15 is 0 Å². The summed E-state index contributed by atoms with van der Waals surface area (Å²) in [5, 5.41) is 2.66. The largest absolute Gasteiger partial charge is 0.311 e. The lowest BCUT2D eigenvalue weighted by Gasteiger charge is -2.08. The summed E-state index contributed by atoms with van der Waals surface area (Å²) >= 11 is 0. The number of carbonyl (C=O) groups is 1. The minimum atomic E-state index is -0.109. The molecule has 0 fully saturated rings. The molecular formula is C16H18N2O. The van der Waals surface area contributed by atoms with Gasteiger partial charge in [0.2, 0.25) is 5.91 Å². The average molecular weight is 254 g/mol. The third kappa shape index (κ3) is 3.41. The van der Waals surface area contributed by atoms with Crippen molar-refractivity contribution < 1.29 is 4.79 Å². The molecule has 0 saturated heterocycles. The van der Waals surface area contributed by atoms with Crippen LogP contribution in [0.1, 0.15) is 32.3 Å². The van der Waals surface area contributed by atoms with E-state index in [-0.39, 0.29) is 5.91 Å². The molecule has 3 heteroatoms. The van der Waals surface area contributed by atoms with Crippen LogP contribution in [-0.4, -0.2) is 10.9 Å². The highest BCUT2D eigenvalue weighted by molar-refractivity contribution is 5.87. The first kappa shape index (κ1) is 13.3. The average Bonchev–Trinajstić information content (AvgIpc) is 2.39. The first-order chi connectivity index (χ1) is 9.06. The van der Waals surface area contributed by atoms with Crippen LogP contribution in [0.4, 0.5) is 5.82 Å². The van der Waals surface area contributed by atoms with Crippen molar-refractivity contribution in [2.45, 2.75) is 26.7 Å². The van der Waals surface area contributed by atoms with Crippen LogP contribution in [0.25, 0.3) is 11.1 Å². The highest BCUT2D eigenvalue weighted by atomic mass is 16.1. The molecule has 3 nitrogen and oxygen atoms in total. The predicted molar refractivity (Wildman–Crippen MR) is 78.1 cm³/mol. The van der Waals surface area contributed by atoms with Crippen molar-refractivity contribution in [3.63, 3.8) is 0 Å². The number of carbonyl (C=O) groups excluding carboxylic acids is 1. The molecule has 0 aliphatic heterocycles. The van der Waals surface area contributed by atoms with Crippen LogP contribution in [0, 0.1) is 0 Å². The van der Waals surface area contributed by atoms with Gasteiger partial charge in [-0.1, -0.05) is 38.1 Å². The third-order valence-corrected chi connectivity index (χ3v) is 2.95. The summed E-state index contributed by atoms with van der Waals surface area (Å²) in [7, 11) is 0. The van der Waals surface area contributed by atoms with Gasteiger partial charge in [0, 0.05) is 18.7 Å². The number of benzene rings is 1. The molecule has 19 heavy (non-hydrogen) atoms. The van der Waals surface area contributed by atoms with E-state index in [0.29, 0.717) is 11.7 Å². The maximum atomic E-state index is 10.9. The second kappa shape index (κ2) is 5.65. The summed E-state index contributed by atoms with van der Waals surface area (Å²) in [6.45, 7) is 5.83. The maximum Gasteiger partial charge on any atom is 0.222 e. The topological polar surface area (TPSA) is 42.0 Å². The zero-order chi connectivity index (χ0) is 13.8. The van der Waals surface area contributed by atoms with Gasteiger partial charge in [-0.3, -0.25) is 4.79 Å². The first-order valence-electron chi connectivity index (χ1n) is 6.40. The maximum absolute atomic E-state index is 10.9. The molecule has 0 atom stereocenters. The number of nitrogens with one attached hydrogen (secondary N) is 1. The Kier molecular flexibility index (Phi) is 3.95. The van der Waals surface area contributed by atoms with E-state index in [0.717, 1.165) is 11.1 Å². The van der Waals surface area contributed by atoms with Crippen LogP contribution >= 0.6 is 0 Å². The number of rotatable bonds is 3. The van der Waals surface area contributed by atoms with Gasteiger partial charge in [-0.25, -0.2) is 4.98 Å². The second-order valence-electron chi connectivity index (χ2n) is 4.89. The SMILES string of the molecule is CC(=O)Nc1ccc(-c2cccc(C(C)C)c2)cn1. The summed E-state index contributed by atoms with van der Waals surface area (Å²) in [5.74, 6) is 0.977. The molecule has 1 N–H and O–H groups in total. The zero-order valence-corrected chi connectivity index (χ0v) is 11.5. The molecule has 2 aromatic rings. The van der Waals surface area contributed by atoms with Gasteiger partial charge in [0.25, 0.3) is 0 Å². The second-order valence-corrected chi connectivity index (χ2v) is 4.89. The van der Waals surface area contributed by atoms with E-state index in [1.165, 1.54) is 12.5 Å². The Morgan fingerprint density at radius 2 is 1.95 bits per heavy atom. The van der Waals surface area contributed by atoms with E-state index < -0.39 is 0 Å². The summed E-state index contributed by atoms with van der Waals surface area (Å²) in [5.41, 5.74) is 3.51. The molecule has 98 valence electrons. The van der Waals surface area contributed by atoms with Crippen molar-refractivity contribution in [2.75, 3.05) is 5.32 Å². The number of amides is 1. The number of hydrogen-bond donors (Lipinski definition) is 1. The summed E-state index contributed by atoms with van der Waals surface area (Å²) in [4.78, 5) is 15.2. The zero-order valence-electron chi connectivity index (χ0n) is 11.5. The fourth-order valence-corrected chi connectivity index (χ4v) is 1.90. The Hall–Kier alpha value is -2.16. The van der Waals surface area contributed by atoms with Crippen LogP contribution < -0.4 is 5.32 Å². The number of pyridine rings is 1. The fourth-order valence-electron chi connectivity index (χ4n) is 1.90. The highest BCUT2D eigenvalue weighted by Crippen LogP contribution is 2.24. The van der Waals surface area contributed by atoms with Crippen molar-refractivity contribution in [1.82, 2.24) is 4.98 Å². The van der Waals surface area contributed by atoms with Crippen LogP contribution in [-0.2, 0) is 4.79 Å². The fraction of sp³-hybridized carbons (Fsp3) is 0.250. The third-order valence-electron chi connectivity index (χ3n) is 2.95. The lowest BCUT2D eigenvalue weighted by atomic mass is 9.98. The Bertz CT molecular complexity index is 574. The van der Waals surface area contributed by atoms with Gasteiger partial charge < -0.3 is 5.32 Å². The summed E-state index contributed by atoms with van der Waals surface area (Å²) in [6.07, 6.45) is 1.78. The van der Waals surface area contributed by atoms with Crippen LogP contribution in [0.2, 0.25) is 0 Å². The molecule has 0 bridgehead atoms. The Labute approximate surface area is 113 Å². The van der Waals surface area contributed by atoms with Gasteiger partial charge in [-0.2, -0.15) is 0 Å². The Balaban J connectivity index is 2.26. The molecule has 0 radical (unpaired) electrons. The Morgan fingerprint density at radius 3 is 2.53 bits per heavy atom. The first-order valence-corrected chi connectivity index (χ1v) is 6.40. The van der Waals surface area contributed by atoms with Gasteiger partial charge in [-0.15, -0.1) is 0 Å². The smallest absolute Gasteiger partial charge is 0.222 e. The molecule has 0 saturated carbocycles. The minimum absolute atomic E-state index is 0.109. The number of nitrogens with zero attached hydrogens (tertiary/aromatic N) is 1. The number of aromatic nitrogens is 1. The van der Waals surface area contributed by atoms with E-state index in [9.17, 15) is 4.79 Å². The van der Waals surface area contributed by atoms with Crippen LogP contribution in [0.5, 0.6) is 0 Å². The highest BCUT2D eigenvalue weighted by Gasteiger charge is 2.03. The molecule has 1 aromatic heterocycles. The quantitative estimate of drug-likeness (QED) is 0.904. The van der Waals surface area contributed by atoms with E-state index in [2.05, 4.69) is 48.4 Å². The molecular weight excluding hydrogens is 236 g/mol. The predicted octanol–water partition coefficient (Wildman–Crippen LogP) is 3.83. The summed E-state index contributed by atoms with van der Waals surface area (Å²) in [6, 6.07) is 12.2. The lowest BCUT2D eigenvalue weighted by molar-refractivity contribution is -0.114. The van der Waals surface area contributed by atoms with Crippen LogP contribution in [0.15, 0.2) is 42.6 Å².